The van der Waals surface area contributed by atoms with E-state index in [0.717, 1.165) is 95.0 Å². The number of nitrogens with zero attached hydrogens (tertiary/aromatic N) is 2. The van der Waals surface area contributed by atoms with Gasteiger partial charge in [-0.25, -0.2) is 0 Å². The molecule has 47 heavy (non-hydrogen) atoms. The van der Waals surface area contributed by atoms with Crippen LogP contribution in [0.2, 0.25) is 0 Å². The van der Waals surface area contributed by atoms with E-state index in [1.807, 2.05) is 50.2 Å². The number of aryl methyl sites for hydroxylation is 3. The van der Waals surface area contributed by atoms with Crippen LogP contribution < -0.4 is 0 Å². The molecule has 5 heteroatoms. The van der Waals surface area contributed by atoms with Crippen LogP contribution in [0.3, 0.4) is 0 Å². The summed E-state index contributed by atoms with van der Waals surface area (Å²) in [4.78, 5) is 9.81. The first-order valence-corrected chi connectivity index (χ1v) is 15.6. The second-order valence-electron chi connectivity index (χ2n) is 12.3. The van der Waals surface area contributed by atoms with Gasteiger partial charge in [-0.3, -0.25) is 9.97 Å². The molecule has 8 aromatic rings. The zero-order valence-corrected chi connectivity index (χ0v) is 26.1. The van der Waals surface area contributed by atoms with Crippen molar-refractivity contribution in [2.45, 2.75) is 26.9 Å². The molecular weight excluding hydrogens is 589 g/mol. The summed E-state index contributed by atoms with van der Waals surface area (Å²) in [5, 5.41) is 6.26. The van der Waals surface area contributed by atoms with E-state index in [-0.39, 0.29) is 0 Å². The van der Waals surface area contributed by atoms with Crippen LogP contribution in [0.25, 0.3) is 77.1 Å². The molecule has 228 valence electrons. The van der Waals surface area contributed by atoms with Gasteiger partial charge >= 0.3 is 6.18 Å². The van der Waals surface area contributed by atoms with Gasteiger partial charge in [0.1, 0.15) is 0 Å². The number of halogens is 3. The average molecular weight is 619 g/mol. The maximum Gasteiger partial charge on any atom is 0.416 e. The van der Waals surface area contributed by atoms with E-state index in [0.29, 0.717) is 5.56 Å². The minimum Gasteiger partial charge on any atom is -0.253 e. The number of pyridine rings is 2. The summed E-state index contributed by atoms with van der Waals surface area (Å²) >= 11 is 0. The number of hydrogen-bond donors (Lipinski definition) is 0. The summed E-state index contributed by atoms with van der Waals surface area (Å²) in [6, 6.07) is 39.0. The lowest BCUT2D eigenvalue weighted by Crippen LogP contribution is -2.04. The smallest absolute Gasteiger partial charge is 0.253 e. The minimum absolute atomic E-state index is 0.668. The third-order valence-corrected chi connectivity index (χ3v) is 9.11. The summed E-state index contributed by atoms with van der Waals surface area (Å²) < 4.78 is 40.7. The van der Waals surface area contributed by atoms with Gasteiger partial charge in [0.15, 0.2) is 0 Å². The van der Waals surface area contributed by atoms with Crippen LogP contribution in [0.1, 0.15) is 22.5 Å². The lowest BCUT2D eigenvalue weighted by atomic mass is 9.82. The van der Waals surface area contributed by atoms with Gasteiger partial charge in [-0.2, -0.15) is 13.2 Å². The van der Waals surface area contributed by atoms with Gasteiger partial charge < -0.3 is 0 Å². The fraction of sp³-hybridized carbons (Fsp3) is 0.0952. The summed E-state index contributed by atoms with van der Waals surface area (Å²) in [5.41, 5.74) is 9.83. The Bertz CT molecular complexity index is 2460. The molecule has 0 aliphatic heterocycles. The molecule has 2 heterocycles. The Balaban J connectivity index is 1.56. The molecule has 0 spiro atoms. The summed E-state index contributed by atoms with van der Waals surface area (Å²) in [7, 11) is 0. The Morgan fingerprint density at radius 2 is 0.894 bits per heavy atom. The molecule has 0 unspecified atom stereocenters. The van der Waals surface area contributed by atoms with Crippen molar-refractivity contribution in [3.05, 3.63) is 144 Å². The van der Waals surface area contributed by atoms with E-state index >= 15 is 0 Å². The molecule has 0 aliphatic carbocycles. The molecule has 0 bridgehead atoms. The van der Waals surface area contributed by atoms with Crippen LogP contribution in [-0.2, 0) is 6.18 Å². The second kappa shape index (κ2) is 10.8. The number of aromatic nitrogens is 2. The van der Waals surface area contributed by atoms with Crippen LogP contribution >= 0.6 is 0 Å². The van der Waals surface area contributed by atoms with Gasteiger partial charge in [0.25, 0.3) is 0 Å². The van der Waals surface area contributed by atoms with E-state index in [2.05, 4.69) is 67.6 Å². The molecule has 8 rings (SSSR count). The third-order valence-electron chi connectivity index (χ3n) is 9.11. The van der Waals surface area contributed by atoms with Gasteiger partial charge in [0.2, 0.25) is 0 Å². The fourth-order valence-corrected chi connectivity index (χ4v) is 6.85. The molecule has 0 aliphatic rings. The van der Waals surface area contributed by atoms with Crippen molar-refractivity contribution < 1.29 is 13.2 Å². The lowest BCUT2D eigenvalue weighted by molar-refractivity contribution is -0.137. The van der Waals surface area contributed by atoms with Gasteiger partial charge in [0, 0.05) is 22.5 Å². The molecule has 6 aromatic carbocycles. The molecule has 0 saturated carbocycles. The highest BCUT2D eigenvalue weighted by Gasteiger charge is 2.30. The number of hydrogen-bond acceptors (Lipinski definition) is 2. The maximum absolute atomic E-state index is 13.6. The molecule has 0 amide bonds. The van der Waals surface area contributed by atoms with Gasteiger partial charge in [-0.1, -0.05) is 78.4 Å². The Labute approximate surface area is 270 Å². The summed E-state index contributed by atoms with van der Waals surface area (Å²) in [6.45, 7) is 6.05. The largest absolute Gasteiger partial charge is 0.416 e. The van der Waals surface area contributed by atoms with Crippen LogP contribution in [0.15, 0.2) is 121 Å². The van der Waals surface area contributed by atoms with Crippen molar-refractivity contribution in [2.24, 2.45) is 0 Å². The zero-order valence-electron chi connectivity index (χ0n) is 26.1. The Hall–Kier alpha value is -5.55. The van der Waals surface area contributed by atoms with Gasteiger partial charge in [0.05, 0.1) is 17.0 Å². The van der Waals surface area contributed by atoms with Crippen LogP contribution in [-0.4, -0.2) is 9.97 Å². The van der Waals surface area contributed by atoms with Crippen LogP contribution in [0, 0.1) is 20.8 Å². The second-order valence-corrected chi connectivity index (χ2v) is 12.3. The van der Waals surface area contributed by atoms with Crippen molar-refractivity contribution >= 4 is 32.3 Å². The number of alkyl halides is 3. The minimum atomic E-state index is -4.41. The monoisotopic (exact) mass is 618 g/mol. The molecule has 0 atom stereocenters. The van der Waals surface area contributed by atoms with E-state index in [4.69, 9.17) is 9.97 Å². The van der Waals surface area contributed by atoms with E-state index in [1.165, 1.54) is 5.56 Å². The highest BCUT2D eigenvalue weighted by Crippen LogP contribution is 2.48. The quantitative estimate of drug-likeness (QED) is 0.183. The first kappa shape index (κ1) is 28.9. The van der Waals surface area contributed by atoms with Gasteiger partial charge in [-0.05, 0) is 124 Å². The van der Waals surface area contributed by atoms with E-state index < -0.39 is 11.7 Å². The highest BCUT2D eigenvalue weighted by atomic mass is 19.4. The molecule has 0 fully saturated rings. The highest BCUT2D eigenvalue weighted by molar-refractivity contribution is 6.32. The summed E-state index contributed by atoms with van der Waals surface area (Å²) in [6.07, 6.45) is -4.41. The molecular formula is C42H29F3N2. The first-order valence-electron chi connectivity index (χ1n) is 15.6. The zero-order chi connectivity index (χ0) is 32.4. The molecule has 0 radical (unpaired) electrons. The average Bonchev–Trinajstić information content (AvgIpc) is 3.06. The maximum atomic E-state index is 13.6. The van der Waals surface area contributed by atoms with Crippen LogP contribution in [0.4, 0.5) is 13.2 Å². The molecule has 0 saturated heterocycles. The predicted octanol–water partition coefficient (Wildman–Crippen LogP) is 12.0. The normalized spacial score (nSPS) is 12.0. The lowest BCUT2D eigenvalue weighted by Gasteiger charge is -2.22. The van der Waals surface area contributed by atoms with E-state index in [1.54, 1.807) is 12.1 Å². The van der Waals surface area contributed by atoms with Crippen molar-refractivity contribution in [2.75, 3.05) is 0 Å². The van der Waals surface area contributed by atoms with Crippen molar-refractivity contribution in [3.63, 3.8) is 0 Å². The standard InChI is InChI=1S/C42H29F3N2/c1-24-10-12-27(13-11-24)34-22-36-30(38-8-4-6-25(2)46-38)19-21-33-35(28-14-16-29(17-15-28)42(43,44)45)23-37-31(39-9-5-7-26(3)47-39)18-20-32(34)40(37)41(33)36/h4-23H,1-3H3. The van der Waals surface area contributed by atoms with E-state index in [9.17, 15) is 13.2 Å². The number of benzene rings is 6. The topological polar surface area (TPSA) is 25.8 Å². The SMILES string of the molecule is Cc1ccc(-c2cc3c(-c4cccc(C)n4)ccc4c(-c5ccc(C(F)(F)F)cc5)cc5c(-c6cccc(C)n6)ccc2c5c43)cc1. The third kappa shape index (κ3) is 4.90. The van der Waals surface area contributed by atoms with Crippen molar-refractivity contribution in [1.82, 2.24) is 9.97 Å². The Morgan fingerprint density at radius 3 is 1.32 bits per heavy atom. The summed E-state index contributed by atoms with van der Waals surface area (Å²) in [5.74, 6) is 0. The molecule has 0 N–H and O–H groups in total. The Kier molecular flexibility index (Phi) is 6.62. The van der Waals surface area contributed by atoms with Crippen LogP contribution in [0.5, 0.6) is 0 Å². The number of rotatable bonds is 4. The van der Waals surface area contributed by atoms with Crippen molar-refractivity contribution in [3.8, 4) is 44.8 Å². The predicted molar refractivity (Wildman–Crippen MR) is 187 cm³/mol. The van der Waals surface area contributed by atoms with Gasteiger partial charge in [-0.15, -0.1) is 0 Å². The Morgan fingerprint density at radius 1 is 0.447 bits per heavy atom. The van der Waals surface area contributed by atoms with Crippen molar-refractivity contribution in [1.29, 1.82) is 0 Å². The molecule has 2 aromatic heterocycles. The first-order chi connectivity index (χ1) is 22.7. The molecule has 2 nitrogen and oxygen atoms in total. The fourth-order valence-electron chi connectivity index (χ4n) is 6.85.